The van der Waals surface area contributed by atoms with Crippen molar-refractivity contribution in [3.63, 3.8) is 0 Å². The zero-order valence-corrected chi connectivity index (χ0v) is 31.2. The summed E-state index contributed by atoms with van der Waals surface area (Å²) in [5.41, 5.74) is 1.65. The Morgan fingerprint density at radius 3 is 1.96 bits per heavy atom. The maximum absolute atomic E-state index is 14.0. The van der Waals surface area contributed by atoms with Crippen LogP contribution in [0.15, 0.2) is 59.5 Å². The molecule has 1 aliphatic rings. The Kier molecular flexibility index (Phi) is 15.0. The molecule has 1 aliphatic heterocycles. The van der Waals surface area contributed by atoms with Crippen molar-refractivity contribution in [1.29, 1.82) is 0 Å². The lowest BCUT2D eigenvalue weighted by molar-refractivity contribution is -0.225. The van der Waals surface area contributed by atoms with Crippen LogP contribution in [0.1, 0.15) is 41.5 Å². The van der Waals surface area contributed by atoms with Gasteiger partial charge in [0.1, 0.15) is 24.8 Å². The molecule has 2 aromatic carbocycles. The number of nitrogens with zero attached hydrogens (tertiary/aromatic N) is 1. The molecule has 18 heteroatoms. The standard InChI is InChI=1S/C34H44N4O12S2/c1-19(2)29(33(43)44)38(52(45,46)26-14-12-25(13-15-26)24-10-8-7-9-11-24)17-16-35-34(51)37-32-28(36-20(3)39)31(49-23(6)42)30(48-22(5)41)27(50-32)18-47-21(4)40/h7-15,19,27-32H,16-18H2,1-6H3,(H,36,39)(H,43,44)(H2,35,37,51)/t27-,28-,29-,30-,31-,32-/m1/s1. The molecule has 2 aromatic rings. The Morgan fingerprint density at radius 2 is 1.44 bits per heavy atom. The summed E-state index contributed by atoms with van der Waals surface area (Å²) >= 11 is 5.46. The van der Waals surface area contributed by atoms with Crippen molar-refractivity contribution in [2.45, 2.75) is 83.1 Å². The summed E-state index contributed by atoms with van der Waals surface area (Å²) in [6.45, 7) is 6.82. The second-order valence-electron chi connectivity index (χ2n) is 12.2. The first kappa shape index (κ1) is 41.8. The minimum atomic E-state index is -4.35. The molecule has 1 heterocycles. The minimum absolute atomic E-state index is 0.105. The zero-order chi connectivity index (χ0) is 38.7. The highest BCUT2D eigenvalue weighted by atomic mass is 32.2. The predicted octanol–water partition coefficient (Wildman–Crippen LogP) is 1.57. The molecule has 1 saturated heterocycles. The van der Waals surface area contributed by atoms with Gasteiger partial charge in [0.2, 0.25) is 15.9 Å². The van der Waals surface area contributed by atoms with Crippen LogP contribution in [0.4, 0.5) is 0 Å². The second kappa shape index (κ2) is 18.7. The first-order chi connectivity index (χ1) is 24.4. The van der Waals surface area contributed by atoms with Crippen molar-refractivity contribution in [1.82, 2.24) is 20.3 Å². The Morgan fingerprint density at radius 1 is 0.865 bits per heavy atom. The van der Waals surface area contributed by atoms with Crippen LogP contribution < -0.4 is 16.0 Å². The van der Waals surface area contributed by atoms with Crippen molar-refractivity contribution in [2.24, 2.45) is 5.92 Å². The second-order valence-corrected chi connectivity index (χ2v) is 14.5. The van der Waals surface area contributed by atoms with Gasteiger partial charge in [-0.25, -0.2) is 8.42 Å². The maximum Gasteiger partial charge on any atom is 0.322 e. The highest BCUT2D eigenvalue weighted by Crippen LogP contribution is 2.28. The number of amides is 1. The van der Waals surface area contributed by atoms with E-state index in [-0.39, 0.29) is 23.1 Å². The molecule has 1 amide bonds. The van der Waals surface area contributed by atoms with Crippen molar-refractivity contribution in [3.05, 3.63) is 54.6 Å². The Hall–Kier alpha value is -4.65. The molecule has 3 rings (SSSR count). The van der Waals surface area contributed by atoms with Gasteiger partial charge in [-0.1, -0.05) is 56.3 Å². The fourth-order valence-electron chi connectivity index (χ4n) is 5.65. The highest BCUT2D eigenvalue weighted by Gasteiger charge is 2.51. The predicted molar refractivity (Wildman–Crippen MR) is 190 cm³/mol. The van der Waals surface area contributed by atoms with E-state index in [4.69, 9.17) is 31.2 Å². The average Bonchev–Trinajstić information content (AvgIpc) is 3.05. The van der Waals surface area contributed by atoms with Crippen molar-refractivity contribution < 1.29 is 56.4 Å². The molecule has 284 valence electrons. The number of sulfonamides is 1. The van der Waals surface area contributed by atoms with Gasteiger partial charge < -0.3 is 40.0 Å². The maximum atomic E-state index is 14.0. The number of carboxylic acid groups (broad SMARTS) is 1. The molecule has 0 aromatic heterocycles. The number of thiocarbonyl (C=S) groups is 1. The highest BCUT2D eigenvalue weighted by molar-refractivity contribution is 7.89. The summed E-state index contributed by atoms with van der Waals surface area (Å²) in [6.07, 6.45) is -5.12. The van der Waals surface area contributed by atoms with E-state index in [1.807, 2.05) is 30.3 Å². The van der Waals surface area contributed by atoms with E-state index in [0.717, 1.165) is 36.2 Å². The van der Waals surface area contributed by atoms with E-state index in [0.29, 0.717) is 0 Å². The van der Waals surface area contributed by atoms with Crippen LogP contribution in [-0.2, 0) is 52.9 Å². The Labute approximate surface area is 307 Å². The van der Waals surface area contributed by atoms with Crippen molar-refractivity contribution in [2.75, 3.05) is 19.7 Å². The van der Waals surface area contributed by atoms with Crippen LogP contribution in [0.3, 0.4) is 0 Å². The fourth-order valence-corrected chi connectivity index (χ4v) is 7.58. The summed E-state index contributed by atoms with van der Waals surface area (Å²) in [5, 5.41) is 18.2. The van der Waals surface area contributed by atoms with Crippen molar-refractivity contribution in [3.8, 4) is 11.1 Å². The molecule has 6 atom stereocenters. The third kappa shape index (κ3) is 11.4. The number of hydrogen-bond acceptors (Lipinski definition) is 12. The van der Waals surface area contributed by atoms with Crippen LogP contribution in [0, 0.1) is 5.92 Å². The third-order valence-electron chi connectivity index (χ3n) is 7.77. The van der Waals surface area contributed by atoms with Crippen LogP contribution >= 0.6 is 12.2 Å². The number of aliphatic carboxylic acids is 1. The molecule has 1 fully saturated rings. The number of carbonyl (C=O) groups excluding carboxylic acids is 4. The van der Waals surface area contributed by atoms with Gasteiger partial charge in [-0.15, -0.1) is 0 Å². The van der Waals surface area contributed by atoms with Gasteiger partial charge in [-0.05, 0) is 41.4 Å². The molecule has 52 heavy (non-hydrogen) atoms. The van der Waals surface area contributed by atoms with Crippen LogP contribution in [0.2, 0.25) is 0 Å². The van der Waals surface area contributed by atoms with E-state index in [1.165, 1.54) is 19.1 Å². The Bertz CT molecular complexity index is 1710. The third-order valence-corrected chi connectivity index (χ3v) is 9.93. The van der Waals surface area contributed by atoms with Gasteiger partial charge in [-0.3, -0.25) is 24.0 Å². The summed E-state index contributed by atoms with van der Waals surface area (Å²) < 4.78 is 50.8. The number of hydrogen-bond donors (Lipinski definition) is 4. The summed E-state index contributed by atoms with van der Waals surface area (Å²) in [4.78, 5) is 60.3. The van der Waals surface area contributed by atoms with Gasteiger partial charge in [-0.2, -0.15) is 4.31 Å². The molecule has 16 nitrogen and oxygen atoms in total. The zero-order valence-electron chi connectivity index (χ0n) is 29.6. The molecule has 0 bridgehead atoms. The smallest absolute Gasteiger partial charge is 0.322 e. The molecule has 4 N–H and O–H groups in total. The summed E-state index contributed by atoms with van der Waals surface area (Å²) in [5.74, 6) is -4.75. The first-order valence-electron chi connectivity index (χ1n) is 16.3. The topological polar surface area (TPSA) is 216 Å². The lowest BCUT2D eigenvalue weighted by atomic mass is 9.95. The summed E-state index contributed by atoms with van der Waals surface area (Å²) in [7, 11) is -4.35. The number of ether oxygens (including phenoxy) is 4. The number of carboxylic acids is 1. The number of rotatable bonds is 15. The summed E-state index contributed by atoms with van der Waals surface area (Å²) in [6, 6.07) is 12.8. The average molecular weight is 765 g/mol. The van der Waals surface area contributed by atoms with Gasteiger partial charge in [0.25, 0.3) is 0 Å². The number of benzene rings is 2. The molecular formula is C34H44N4O12S2. The molecule has 0 spiro atoms. The van der Waals surface area contributed by atoms with Crippen LogP contribution in [-0.4, -0.2) is 109 Å². The van der Waals surface area contributed by atoms with Gasteiger partial charge >= 0.3 is 23.9 Å². The van der Waals surface area contributed by atoms with E-state index >= 15 is 0 Å². The van der Waals surface area contributed by atoms with Crippen LogP contribution in [0.5, 0.6) is 0 Å². The lowest BCUT2D eigenvalue weighted by Gasteiger charge is -2.45. The lowest BCUT2D eigenvalue weighted by Crippen LogP contribution is -2.70. The minimum Gasteiger partial charge on any atom is -0.480 e. The fraction of sp³-hybridized carbons (Fsp3) is 0.471. The molecule has 0 radical (unpaired) electrons. The van der Waals surface area contributed by atoms with Gasteiger partial charge in [0, 0.05) is 40.8 Å². The van der Waals surface area contributed by atoms with Gasteiger partial charge in [0.05, 0.1) is 4.90 Å². The van der Waals surface area contributed by atoms with E-state index in [2.05, 4.69) is 16.0 Å². The number of esters is 3. The molecule has 0 unspecified atom stereocenters. The molecular weight excluding hydrogens is 721 g/mol. The monoisotopic (exact) mass is 764 g/mol. The quantitative estimate of drug-likeness (QED) is 0.115. The Balaban J connectivity index is 1.86. The largest absolute Gasteiger partial charge is 0.480 e. The van der Waals surface area contributed by atoms with Gasteiger partial charge in [0.15, 0.2) is 23.5 Å². The normalized spacial score (nSPS) is 20.7. The number of nitrogens with one attached hydrogen (secondary N) is 3. The van der Waals surface area contributed by atoms with E-state index in [9.17, 15) is 37.5 Å². The molecule has 0 aliphatic carbocycles. The number of carbonyl (C=O) groups is 5. The van der Waals surface area contributed by atoms with E-state index in [1.54, 1.807) is 26.0 Å². The van der Waals surface area contributed by atoms with Crippen molar-refractivity contribution >= 4 is 57.1 Å². The van der Waals surface area contributed by atoms with Crippen LogP contribution in [0.25, 0.3) is 11.1 Å². The first-order valence-corrected chi connectivity index (χ1v) is 18.1. The molecule has 0 saturated carbocycles. The SMILES string of the molecule is CC(=O)N[C@@H]1[C@@H](OC(C)=O)[C@H](OC(C)=O)[C@@H](COC(C)=O)O[C@H]1NC(=S)NCCN([C@@H](C(=O)O)C(C)C)S(=O)(=O)c1ccc(-c2ccccc2)cc1. The van der Waals surface area contributed by atoms with E-state index < -0.39 is 89.0 Å².